The fraction of sp³-hybridized carbons (Fsp3) is 0.362. The summed E-state index contributed by atoms with van der Waals surface area (Å²) in [5.41, 5.74) is 11.5. The molecule has 6 aromatic rings. The first-order valence-electron chi connectivity index (χ1n) is 20.9. The Labute approximate surface area is 337 Å². The van der Waals surface area contributed by atoms with Crippen molar-refractivity contribution >= 4 is 68.9 Å². The number of aromatic amines is 2. The maximum Gasteiger partial charge on any atom is 0.0928 e. The molecule has 0 aliphatic carbocycles. The summed E-state index contributed by atoms with van der Waals surface area (Å²) in [6, 6.07) is 30.6. The molecule has 0 bridgehead atoms. The van der Waals surface area contributed by atoms with Crippen LogP contribution in [-0.2, 0) is 0 Å². The molecule has 10 nitrogen and oxygen atoms in total. The van der Waals surface area contributed by atoms with Crippen LogP contribution in [0, 0.1) is 0 Å². The lowest BCUT2D eigenvalue weighted by Crippen LogP contribution is -2.52. The lowest BCUT2D eigenvalue weighted by molar-refractivity contribution is 0.206. The molecule has 2 aromatic heterocycles. The van der Waals surface area contributed by atoms with Crippen LogP contribution in [0.5, 0.6) is 0 Å². The van der Waals surface area contributed by atoms with Gasteiger partial charge in [0, 0.05) is 82.3 Å². The van der Waals surface area contributed by atoms with Crippen LogP contribution in [0.2, 0.25) is 0 Å². The first-order valence-corrected chi connectivity index (χ1v) is 20.9. The molecule has 10 heteroatoms. The summed E-state index contributed by atoms with van der Waals surface area (Å²) in [6.45, 7) is 14.5. The van der Waals surface area contributed by atoms with Crippen molar-refractivity contribution in [3.63, 3.8) is 0 Å². The van der Waals surface area contributed by atoms with Crippen LogP contribution in [0.1, 0.15) is 49.2 Å². The fourth-order valence-electron chi connectivity index (χ4n) is 8.43. The maximum absolute atomic E-state index is 4.75. The van der Waals surface area contributed by atoms with Crippen molar-refractivity contribution < 1.29 is 0 Å². The molecule has 8 rings (SSSR count). The van der Waals surface area contributed by atoms with Crippen molar-refractivity contribution in [2.45, 2.75) is 32.7 Å². The van der Waals surface area contributed by atoms with Crippen LogP contribution >= 0.6 is 0 Å². The molecule has 4 heterocycles. The lowest BCUT2D eigenvalue weighted by atomic mass is 10.0. The zero-order valence-corrected chi connectivity index (χ0v) is 34.1. The molecule has 2 fully saturated rings. The number of anilines is 4. The van der Waals surface area contributed by atoms with E-state index in [1.54, 1.807) is 0 Å². The second-order valence-electron chi connectivity index (χ2n) is 15.6. The zero-order valence-electron chi connectivity index (χ0n) is 34.1. The van der Waals surface area contributed by atoms with E-state index in [9.17, 15) is 0 Å². The third kappa shape index (κ3) is 8.72. The highest BCUT2D eigenvalue weighted by Gasteiger charge is 2.27. The third-order valence-electron chi connectivity index (χ3n) is 12.0. The van der Waals surface area contributed by atoms with E-state index in [1.807, 2.05) is 12.1 Å². The topological polar surface area (TPSA) is 85.6 Å². The van der Waals surface area contributed by atoms with Gasteiger partial charge in [0.15, 0.2) is 0 Å². The van der Waals surface area contributed by atoms with E-state index >= 15 is 0 Å². The highest BCUT2D eigenvalue weighted by molar-refractivity contribution is 5.97. The van der Waals surface area contributed by atoms with Crippen LogP contribution in [0.25, 0.3) is 46.1 Å². The highest BCUT2D eigenvalue weighted by atomic mass is 15.3. The summed E-state index contributed by atoms with van der Waals surface area (Å²) in [7, 11) is 4.51. The minimum absolute atomic E-state index is 0.454. The molecule has 0 radical (unpaired) electrons. The van der Waals surface area contributed by atoms with E-state index in [0.717, 1.165) is 111 Å². The van der Waals surface area contributed by atoms with E-state index in [4.69, 9.17) is 10.2 Å². The Morgan fingerprint density at radius 2 is 1.26 bits per heavy atom. The van der Waals surface area contributed by atoms with Gasteiger partial charge in [0.25, 0.3) is 0 Å². The van der Waals surface area contributed by atoms with E-state index in [-0.39, 0.29) is 0 Å². The summed E-state index contributed by atoms with van der Waals surface area (Å²) in [6.07, 6.45) is 10.7. The molecule has 4 aromatic carbocycles. The van der Waals surface area contributed by atoms with Gasteiger partial charge in [-0.2, -0.15) is 10.2 Å². The SMILES string of the molecule is CCN(CC)c1cc2c(/C=C/c3ccccc3)n[nH]c2cc1N1CCN(C)C(CCCNc2cc3c(/C=C/c4ccccc4)n[nH]c3cc2N2CCN(C)CC2)C1. The molecule has 2 aliphatic heterocycles. The number of likely N-dealkylation sites (N-methyl/N-ethyl adjacent to an activating group) is 2. The van der Waals surface area contributed by atoms with Crippen LogP contribution in [0.3, 0.4) is 0 Å². The van der Waals surface area contributed by atoms with Crippen molar-refractivity contribution in [1.82, 2.24) is 30.2 Å². The van der Waals surface area contributed by atoms with Crippen molar-refractivity contribution in [1.29, 1.82) is 0 Å². The molecule has 0 saturated carbocycles. The van der Waals surface area contributed by atoms with Crippen LogP contribution in [0.4, 0.5) is 22.7 Å². The first kappa shape index (κ1) is 38.3. The second-order valence-corrected chi connectivity index (χ2v) is 15.6. The van der Waals surface area contributed by atoms with Gasteiger partial charge in [-0.15, -0.1) is 0 Å². The normalized spacial score (nSPS) is 17.2. The van der Waals surface area contributed by atoms with Gasteiger partial charge < -0.3 is 24.9 Å². The Hall–Kier alpha value is -5.58. The maximum atomic E-state index is 4.75. The summed E-state index contributed by atoms with van der Waals surface area (Å²) >= 11 is 0. The quantitative estimate of drug-likeness (QED) is 0.0956. The van der Waals surface area contributed by atoms with Gasteiger partial charge in [0.2, 0.25) is 0 Å². The Morgan fingerprint density at radius 3 is 1.88 bits per heavy atom. The molecule has 57 heavy (non-hydrogen) atoms. The predicted octanol–water partition coefficient (Wildman–Crippen LogP) is 8.39. The minimum Gasteiger partial charge on any atom is -0.383 e. The van der Waals surface area contributed by atoms with E-state index in [1.165, 1.54) is 33.9 Å². The number of hydrogen-bond donors (Lipinski definition) is 3. The smallest absolute Gasteiger partial charge is 0.0928 e. The number of nitrogens with zero attached hydrogens (tertiary/aromatic N) is 7. The molecule has 2 aliphatic rings. The molecule has 0 amide bonds. The third-order valence-corrected chi connectivity index (χ3v) is 12.0. The molecule has 0 spiro atoms. The number of fused-ring (bicyclic) bond motifs is 2. The van der Waals surface area contributed by atoms with E-state index < -0.39 is 0 Å². The average molecular weight is 763 g/mol. The predicted molar refractivity (Wildman–Crippen MR) is 243 cm³/mol. The molecule has 296 valence electrons. The standard InChI is InChI=1S/C47H58N10/c1-5-55(6-2)46-31-39-41(22-20-36-16-11-8-12-17-36)50-52-43(39)33-47(46)57-29-26-54(4)37(34-57)18-13-23-48-44-30-38-40(21-19-35-14-9-7-10-15-35)49-51-42(38)32-45(44)56-27-24-53(3)25-28-56/h7-12,14-17,19-22,30-33,37,48H,5-6,13,18,23-29,34H2,1-4H3,(H,49,51)(H,50,52)/b21-19+,22-20+. The number of hydrogen-bond acceptors (Lipinski definition) is 8. The van der Waals surface area contributed by atoms with Gasteiger partial charge in [-0.1, -0.05) is 72.8 Å². The largest absolute Gasteiger partial charge is 0.383 e. The van der Waals surface area contributed by atoms with Crippen LogP contribution in [-0.4, -0.2) is 116 Å². The highest BCUT2D eigenvalue weighted by Crippen LogP contribution is 2.37. The van der Waals surface area contributed by atoms with Gasteiger partial charge in [-0.25, -0.2) is 0 Å². The average Bonchev–Trinajstić information content (AvgIpc) is 3.85. The van der Waals surface area contributed by atoms with Crippen molar-refractivity contribution in [2.75, 3.05) is 99.6 Å². The second kappa shape index (κ2) is 17.7. The van der Waals surface area contributed by atoms with Crippen molar-refractivity contribution in [3.8, 4) is 0 Å². The summed E-state index contributed by atoms with van der Waals surface area (Å²) in [4.78, 5) is 12.6. The monoisotopic (exact) mass is 762 g/mol. The molecule has 2 saturated heterocycles. The Morgan fingerprint density at radius 1 is 0.684 bits per heavy atom. The number of aromatic nitrogens is 4. The van der Waals surface area contributed by atoms with Crippen molar-refractivity contribution in [3.05, 3.63) is 107 Å². The first-order chi connectivity index (χ1) is 28.0. The van der Waals surface area contributed by atoms with Gasteiger partial charge >= 0.3 is 0 Å². The summed E-state index contributed by atoms with van der Waals surface area (Å²) in [5.74, 6) is 0. The molecule has 3 N–H and O–H groups in total. The number of piperazine rings is 2. The lowest BCUT2D eigenvalue weighted by Gasteiger charge is -2.42. The van der Waals surface area contributed by atoms with E-state index in [2.05, 4.69) is 165 Å². The molecule has 1 atom stereocenters. The number of H-pyrrole nitrogens is 2. The summed E-state index contributed by atoms with van der Waals surface area (Å²) < 4.78 is 0. The van der Waals surface area contributed by atoms with Crippen LogP contribution in [0.15, 0.2) is 84.9 Å². The van der Waals surface area contributed by atoms with Gasteiger partial charge in [-0.05, 0) is 88.3 Å². The molecular formula is C47H58N10. The summed E-state index contributed by atoms with van der Waals surface area (Å²) in [5, 5.41) is 22.4. The number of benzene rings is 4. The Bertz CT molecular complexity index is 2280. The van der Waals surface area contributed by atoms with E-state index in [0.29, 0.717) is 6.04 Å². The van der Waals surface area contributed by atoms with Gasteiger partial charge in [0.05, 0.1) is 45.2 Å². The fourth-order valence-corrected chi connectivity index (χ4v) is 8.43. The van der Waals surface area contributed by atoms with Gasteiger partial charge in [0.1, 0.15) is 0 Å². The van der Waals surface area contributed by atoms with Gasteiger partial charge in [-0.3, -0.25) is 15.1 Å². The molecule has 1 unspecified atom stereocenters. The van der Waals surface area contributed by atoms with Crippen molar-refractivity contribution in [2.24, 2.45) is 0 Å². The molecular weight excluding hydrogens is 705 g/mol. The Kier molecular flexibility index (Phi) is 11.9. The van der Waals surface area contributed by atoms with Crippen LogP contribution < -0.4 is 20.0 Å². The zero-order chi connectivity index (χ0) is 39.1. The minimum atomic E-state index is 0.454. The number of nitrogens with one attached hydrogen (secondary N) is 3. The number of rotatable bonds is 14. The Balaban J connectivity index is 0.985.